The highest BCUT2D eigenvalue weighted by Gasteiger charge is 2.14. The number of ether oxygens (including phenoxy) is 2. The van der Waals surface area contributed by atoms with E-state index in [1.165, 1.54) is 12.1 Å². The number of hydrogen-bond acceptors (Lipinski definition) is 4. The molecule has 3 aromatic carbocycles. The van der Waals surface area contributed by atoms with Crippen molar-refractivity contribution in [1.29, 1.82) is 0 Å². The van der Waals surface area contributed by atoms with Crippen molar-refractivity contribution in [2.24, 2.45) is 0 Å². The maximum atomic E-state index is 13.9. The van der Waals surface area contributed by atoms with Gasteiger partial charge in [0.15, 0.2) is 11.5 Å². The summed E-state index contributed by atoms with van der Waals surface area (Å²) >= 11 is 6.42. The molecule has 5 nitrogen and oxygen atoms in total. The number of carboxylic acids is 1. The highest BCUT2D eigenvalue weighted by molar-refractivity contribution is 6.32. The number of rotatable bonds is 9. The topological polar surface area (TPSA) is 67.8 Å². The molecule has 0 aromatic heterocycles. The second-order valence-electron chi connectivity index (χ2n) is 6.46. The normalized spacial score (nSPS) is 10.5. The lowest BCUT2D eigenvalue weighted by Crippen LogP contribution is -2.05. The Morgan fingerprint density at radius 3 is 2.63 bits per heavy atom. The average molecular weight is 430 g/mol. The third kappa shape index (κ3) is 5.42. The van der Waals surface area contributed by atoms with Gasteiger partial charge in [0, 0.05) is 17.8 Å². The molecule has 0 aliphatic carbocycles. The van der Waals surface area contributed by atoms with Gasteiger partial charge in [0.2, 0.25) is 0 Å². The van der Waals surface area contributed by atoms with E-state index in [0.717, 1.165) is 5.56 Å². The van der Waals surface area contributed by atoms with Crippen molar-refractivity contribution >= 4 is 23.3 Å². The van der Waals surface area contributed by atoms with Gasteiger partial charge in [-0.25, -0.2) is 9.18 Å². The predicted molar refractivity (Wildman–Crippen MR) is 114 cm³/mol. The van der Waals surface area contributed by atoms with Gasteiger partial charge < -0.3 is 19.9 Å². The minimum atomic E-state index is -0.989. The Kier molecular flexibility index (Phi) is 7.14. The first-order valence-electron chi connectivity index (χ1n) is 9.36. The van der Waals surface area contributed by atoms with Crippen LogP contribution in [0, 0.1) is 5.82 Å². The van der Waals surface area contributed by atoms with Crippen LogP contribution in [-0.2, 0) is 13.2 Å². The molecule has 0 atom stereocenters. The average Bonchev–Trinajstić information content (AvgIpc) is 2.73. The Hall–Kier alpha value is -3.25. The standard InChI is InChI=1S/C23H21ClFNO4/c1-2-29-21-11-15(13-26-18-8-5-7-16(12-18)23(27)28)10-19(24)22(21)30-14-17-6-3-4-9-20(17)25/h3-12,26H,2,13-14H2,1H3,(H,27,28). The maximum Gasteiger partial charge on any atom is 0.335 e. The summed E-state index contributed by atoms with van der Waals surface area (Å²) in [6.45, 7) is 2.67. The number of aromatic carboxylic acids is 1. The van der Waals surface area contributed by atoms with Gasteiger partial charge in [-0.1, -0.05) is 35.9 Å². The van der Waals surface area contributed by atoms with Crippen LogP contribution in [0.1, 0.15) is 28.4 Å². The van der Waals surface area contributed by atoms with E-state index < -0.39 is 5.97 Å². The summed E-state index contributed by atoms with van der Waals surface area (Å²) < 4.78 is 25.3. The van der Waals surface area contributed by atoms with Crippen molar-refractivity contribution in [2.75, 3.05) is 11.9 Å². The van der Waals surface area contributed by atoms with E-state index in [1.54, 1.807) is 48.5 Å². The van der Waals surface area contributed by atoms with Crippen LogP contribution in [-0.4, -0.2) is 17.7 Å². The highest BCUT2D eigenvalue weighted by Crippen LogP contribution is 2.37. The molecule has 3 aromatic rings. The van der Waals surface area contributed by atoms with Crippen LogP contribution in [0.2, 0.25) is 5.02 Å². The van der Waals surface area contributed by atoms with Crippen LogP contribution < -0.4 is 14.8 Å². The second-order valence-corrected chi connectivity index (χ2v) is 6.86. The molecule has 0 unspecified atom stereocenters. The van der Waals surface area contributed by atoms with Gasteiger partial charge in [-0.05, 0) is 48.9 Å². The molecule has 30 heavy (non-hydrogen) atoms. The molecule has 0 saturated carbocycles. The second kappa shape index (κ2) is 9.98. The molecular weight excluding hydrogens is 409 g/mol. The predicted octanol–water partition coefficient (Wildman–Crippen LogP) is 5.77. The highest BCUT2D eigenvalue weighted by atomic mass is 35.5. The molecule has 7 heteroatoms. The minimum absolute atomic E-state index is 0.0199. The van der Waals surface area contributed by atoms with Crippen LogP contribution in [0.4, 0.5) is 10.1 Å². The Morgan fingerprint density at radius 2 is 1.90 bits per heavy atom. The number of anilines is 1. The summed E-state index contributed by atoms with van der Waals surface area (Å²) in [4.78, 5) is 11.1. The summed E-state index contributed by atoms with van der Waals surface area (Å²) in [7, 11) is 0. The van der Waals surface area contributed by atoms with Crippen molar-refractivity contribution in [2.45, 2.75) is 20.1 Å². The van der Waals surface area contributed by atoms with E-state index >= 15 is 0 Å². The van der Waals surface area contributed by atoms with E-state index in [4.69, 9.17) is 26.2 Å². The molecule has 0 fully saturated rings. The molecular formula is C23H21ClFNO4. The number of nitrogens with one attached hydrogen (secondary N) is 1. The molecule has 0 aliphatic rings. The van der Waals surface area contributed by atoms with Crippen molar-refractivity contribution in [3.05, 3.63) is 88.2 Å². The summed E-state index contributed by atoms with van der Waals surface area (Å²) in [5.74, 6) is -0.538. The molecule has 0 bridgehead atoms. The number of carboxylic acid groups (broad SMARTS) is 1. The Balaban J connectivity index is 1.76. The summed E-state index contributed by atoms with van der Waals surface area (Å²) in [6, 6.07) is 16.4. The summed E-state index contributed by atoms with van der Waals surface area (Å²) in [5, 5.41) is 12.6. The first-order chi connectivity index (χ1) is 14.5. The summed E-state index contributed by atoms with van der Waals surface area (Å²) in [5.41, 5.74) is 2.11. The van der Waals surface area contributed by atoms with Crippen LogP contribution in [0.15, 0.2) is 60.7 Å². The van der Waals surface area contributed by atoms with E-state index in [-0.39, 0.29) is 18.0 Å². The quantitative estimate of drug-likeness (QED) is 0.452. The lowest BCUT2D eigenvalue weighted by Gasteiger charge is -2.16. The van der Waals surface area contributed by atoms with Gasteiger partial charge in [0.05, 0.1) is 17.2 Å². The van der Waals surface area contributed by atoms with E-state index in [2.05, 4.69) is 5.32 Å². The van der Waals surface area contributed by atoms with Crippen molar-refractivity contribution in [3.63, 3.8) is 0 Å². The Bertz CT molecular complexity index is 1040. The Morgan fingerprint density at radius 1 is 1.10 bits per heavy atom. The molecule has 0 saturated heterocycles. The molecule has 0 spiro atoms. The number of halogens is 2. The molecule has 0 amide bonds. The largest absolute Gasteiger partial charge is 0.490 e. The van der Waals surface area contributed by atoms with Crippen LogP contribution in [0.3, 0.4) is 0 Å². The fraction of sp³-hybridized carbons (Fsp3) is 0.174. The van der Waals surface area contributed by atoms with Gasteiger partial charge in [0.1, 0.15) is 12.4 Å². The third-order valence-corrected chi connectivity index (χ3v) is 4.59. The van der Waals surface area contributed by atoms with Crippen LogP contribution in [0.5, 0.6) is 11.5 Å². The zero-order chi connectivity index (χ0) is 21.5. The van der Waals surface area contributed by atoms with Crippen molar-refractivity contribution < 1.29 is 23.8 Å². The number of carbonyl (C=O) groups is 1. The minimum Gasteiger partial charge on any atom is -0.490 e. The Labute approximate surface area is 179 Å². The summed E-state index contributed by atoms with van der Waals surface area (Å²) in [6.07, 6.45) is 0. The van der Waals surface area contributed by atoms with E-state index in [9.17, 15) is 9.18 Å². The lowest BCUT2D eigenvalue weighted by molar-refractivity contribution is 0.0697. The first kappa shape index (κ1) is 21.5. The zero-order valence-corrected chi connectivity index (χ0v) is 17.1. The zero-order valence-electron chi connectivity index (χ0n) is 16.3. The SMILES string of the molecule is CCOc1cc(CNc2cccc(C(=O)O)c2)cc(Cl)c1OCc1ccccc1F. The van der Waals surface area contributed by atoms with E-state index in [0.29, 0.717) is 40.9 Å². The van der Waals surface area contributed by atoms with Gasteiger partial charge in [0.25, 0.3) is 0 Å². The van der Waals surface area contributed by atoms with Crippen LogP contribution in [0.25, 0.3) is 0 Å². The fourth-order valence-corrected chi connectivity index (χ4v) is 3.15. The fourth-order valence-electron chi connectivity index (χ4n) is 2.86. The third-order valence-electron chi connectivity index (χ3n) is 4.31. The van der Waals surface area contributed by atoms with Crippen molar-refractivity contribution in [3.8, 4) is 11.5 Å². The maximum absolute atomic E-state index is 13.9. The van der Waals surface area contributed by atoms with Gasteiger partial charge >= 0.3 is 5.97 Å². The first-order valence-corrected chi connectivity index (χ1v) is 9.74. The molecule has 0 aliphatic heterocycles. The van der Waals surface area contributed by atoms with Crippen molar-refractivity contribution in [1.82, 2.24) is 0 Å². The molecule has 2 N–H and O–H groups in total. The van der Waals surface area contributed by atoms with Gasteiger partial charge in [-0.2, -0.15) is 0 Å². The van der Waals surface area contributed by atoms with E-state index in [1.807, 2.05) is 6.92 Å². The smallest absolute Gasteiger partial charge is 0.335 e. The van der Waals surface area contributed by atoms with Gasteiger partial charge in [-0.15, -0.1) is 0 Å². The molecule has 0 heterocycles. The molecule has 0 radical (unpaired) electrons. The molecule has 3 rings (SSSR count). The molecule has 156 valence electrons. The monoisotopic (exact) mass is 429 g/mol. The van der Waals surface area contributed by atoms with Crippen LogP contribution >= 0.6 is 11.6 Å². The van der Waals surface area contributed by atoms with Gasteiger partial charge in [-0.3, -0.25) is 0 Å². The number of benzene rings is 3. The lowest BCUT2D eigenvalue weighted by atomic mass is 10.1. The number of hydrogen-bond donors (Lipinski definition) is 2.